The Balaban J connectivity index is 2.39. The molecule has 0 aromatic heterocycles. The van der Waals surface area contributed by atoms with Crippen LogP contribution in [0.2, 0.25) is 0 Å². The van der Waals surface area contributed by atoms with Gasteiger partial charge >= 0.3 is 0 Å². The van der Waals surface area contributed by atoms with E-state index < -0.39 is 21.7 Å². The molecule has 140 valence electrons. The van der Waals surface area contributed by atoms with Crippen LogP contribution in [0.15, 0.2) is 53.4 Å². The van der Waals surface area contributed by atoms with Crippen LogP contribution in [-0.4, -0.2) is 8.42 Å². The second-order valence-corrected chi connectivity index (χ2v) is 8.12. The van der Waals surface area contributed by atoms with Crippen molar-refractivity contribution < 1.29 is 17.2 Å². The first-order chi connectivity index (χ1) is 12.6. The van der Waals surface area contributed by atoms with Gasteiger partial charge in [0.1, 0.15) is 0 Å². The summed E-state index contributed by atoms with van der Waals surface area (Å²) in [7, 11) is -4.04. The summed E-state index contributed by atoms with van der Waals surface area (Å²) < 4.78 is 52.1. The fourth-order valence-electron chi connectivity index (χ4n) is 3.14. The molecular formula is C21H19F2NO2S. The highest BCUT2D eigenvalue weighted by Crippen LogP contribution is 2.38. The maximum atomic E-state index is 14.1. The lowest BCUT2D eigenvalue weighted by atomic mass is 9.91. The average molecular weight is 387 g/mol. The third-order valence-corrected chi connectivity index (χ3v) is 5.75. The molecule has 0 fully saturated rings. The number of primary sulfonamides is 1. The van der Waals surface area contributed by atoms with E-state index in [-0.39, 0.29) is 16.0 Å². The van der Waals surface area contributed by atoms with E-state index in [4.69, 9.17) is 5.14 Å². The van der Waals surface area contributed by atoms with Crippen LogP contribution >= 0.6 is 0 Å². The first-order valence-electron chi connectivity index (χ1n) is 8.29. The van der Waals surface area contributed by atoms with Gasteiger partial charge in [0.15, 0.2) is 11.6 Å². The third kappa shape index (κ3) is 3.63. The molecule has 27 heavy (non-hydrogen) atoms. The van der Waals surface area contributed by atoms with Gasteiger partial charge in [-0.2, -0.15) is 0 Å². The molecule has 0 unspecified atom stereocenters. The summed E-state index contributed by atoms with van der Waals surface area (Å²) in [6.07, 6.45) is 0. The molecule has 2 N–H and O–H groups in total. The molecule has 0 spiro atoms. The van der Waals surface area contributed by atoms with Crippen molar-refractivity contribution in [3.63, 3.8) is 0 Å². The summed E-state index contributed by atoms with van der Waals surface area (Å²) in [6, 6.07) is 11.9. The average Bonchev–Trinajstić information content (AvgIpc) is 2.60. The minimum atomic E-state index is -4.04. The number of halogens is 2. The minimum Gasteiger partial charge on any atom is -0.225 e. The fraction of sp³-hybridized carbons (Fsp3) is 0.143. The monoisotopic (exact) mass is 387 g/mol. The Bertz CT molecular complexity index is 1130. The molecule has 0 amide bonds. The fourth-order valence-corrected chi connectivity index (χ4v) is 3.89. The van der Waals surface area contributed by atoms with Crippen LogP contribution in [-0.2, 0) is 10.0 Å². The van der Waals surface area contributed by atoms with Crippen LogP contribution in [0.1, 0.15) is 16.7 Å². The van der Waals surface area contributed by atoms with Gasteiger partial charge in [-0.05, 0) is 72.4 Å². The van der Waals surface area contributed by atoms with E-state index in [2.05, 4.69) is 0 Å². The summed E-state index contributed by atoms with van der Waals surface area (Å²) in [4.78, 5) is -0.141. The molecule has 0 bridgehead atoms. The Labute approximate surface area is 157 Å². The number of hydrogen-bond donors (Lipinski definition) is 1. The predicted molar refractivity (Wildman–Crippen MR) is 103 cm³/mol. The van der Waals surface area contributed by atoms with Gasteiger partial charge in [0.05, 0.1) is 4.90 Å². The number of benzene rings is 3. The van der Waals surface area contributed by atoms with Gasteiger partial charge in [-0.1, -0.05) is 30.3 Å². The maximum Gasteiger partial charge on any atom is 0.238 e. The molecule has 0 aliphatic carbocycles. The van der Waals surface area contributed by atoms with Gasteiger partial charge < -0.3 is 0 Å². The van der Waals surface area contributed by atoms with E-state index in [1.807, 2.05) is 32.9 Å². The minimum absolute atomic E-state index is 0.141. The van der Waals surface area contributed by atoms with Crippen molar-refractivity contribution in [3.05, 3.63) is 76.9 Å². The summed E-state index contributed by atoms with van der Waals surface area (Å²) >= 11 is 0. The molecule has 0 heterocycles. The van der Waals surface area contributed by atoms with Crippen LogP contribution in [0.3, 0.4) is 0 Å². The molecule has 3 aromatic rings. The lowest BCUT2D eigenvalue weighted by molar-refractivity contribution is 0.509. The molecule has 0 aliphatic rings. The van der Waals surface area contributed by atoms with E-state index >= 15 is 0 Å². The van der Waals surface area contributed by atoms with Crippen LogP contribution in [0.25, 0.3) is 22.3 Å². The van der Waals surface area contributed by atoms with Gasteiger partial charge in [0.25, 0.3) is 0 Å². The highest BCUT2D eigenvalue weighted by atomic mass is 32.2. The molecule has 0 saturated carbocycles. The normalized spacial score (nSPS) is 11.6. The quantitative estimate of drug-likeness (QED) is 0.697. The standard InChI is InChI=1S/C21H19F2NO2S/c1-12-8-15(9-13(2)14(12)3)17-10-19(22)20(23)11-18(17)16-6-4-5-7-21(16)27(24,25)26/h4-11H,1-3H3,(H2,24,25,26). The number of nitrogens with two attached hydrogens (primary N) is 1. The Morgan fingerprint density at radius 2 is 1.30 bits per heavy atom. The third-order valence-electron chi connectivity index (χ3n) is 4.78. The summed E-state index contributed by atoms with van der Waals surface area (Å²) in [5.74, 6) is -2.06. The molecule has 3 nitrogen and oxygen atoms in total. The molecule has 0 radical (unpaired) electrons. The van der Waals surface area contributed by atoms with Crippen molar-refractivity contribution >= 4 is 10.0 Å². The second-order valence-electron chi connectivity index (χ2n) is 6.59. The van der Waals surface area contributed by atoms with Crippen LogP contribution < -0.4 is 5.14 Å². The van der Waals surface area contributed by atoms with Gasteiger partial charge in [0.2, 0.25) is 10.0 Å². The Hall–Kier alpha value is -2.57. The van der Waals surface area contributed by atoms with E-state index in [1.165, 1.54) is 18.2 Å². The Kier molecular flexibility index (Phi) is 4.88. The molecule has 0 atom stereocenters. The maximum absolute atomic E-state index is 14.1. The summed E-state index contributed by atoms with van der Waals surface area (Å²) in [5.41, 5.74) is 4.67. The number of sulfonamides is 1. The van der Waals surface area contributed by atoms with Crippen LogP contribution in [0.5, 0.6) is 0 Å². The van der Waals surface area contributed by atoms with Crippen molar-refractivity contribution in [2.75, 3.05) is 0 Å². The first-order valence-corrected chi connectivity index (χ1v) is 9.83. The van der Waals surface area contributed by atoms with Gasteiger partial charge in [0, 0.05) is 5.56 Å². The summed E-state index contributed by atoms with van der Waals surface area (Å²) in [5, 5.41) is 5.32. The zero-order valence-corrected chi connectivity index (χ0v) is 16.0. The lowest BCUT2D eigenvalue weighted by Gasteiger charge is -2.16. The highest BCUT2D eigenvalue weighted by Gasteiger charge is 2.20. The van der Waals surface area contributed by atoms with E-state index in [0.29, 0.717) is 11.1 Å². The second kappa shape index (κ2) is 6.87. The van der Waals surface area contributed by atoms with E-state index in [9.17, 15) is 17.2 Å². The van der Waals surface area contributed by atoms with Gasteiger partial charge in [-0.15, -0.1) is 0 Å². The number of hydrogen-bond acceptors (Lipinski definition) is 2. The zero-order chi connectivity index (χ0) is 19.9. The molecule has 3 aromatic carbocycles. The number of rotatable bonds is 3. The highest BCUT2D eigenvalue weighted by molar-refractivity contribution is 7.89. The first kappa shape index (κ1) is 19.2. The van der Waals surface area contributed by atoms with Crippen molar-refractivity contribution in [3.8, 4) is 22.3 Å². The molecule has 3 rings (SSSR count). The van der Waals surface area contributed by atoms with Gasteiger partial charge in [-0.3, -0.25) is 0 Å². The molecular weight excluding hydrogens is 368 g/mol. The van der Waals surface area contributed by atoms with E-state index in [0.717, 1.165) is 28.8 Å². The van der Waals surface area contributed by atoms with Crippen molar-refractivity contribution in [2.24, 2.45) is 5.14 Å². The van der Waals surface area contributed by atoms with Crippen molar-refractivity contribution in [2.45, 2.75) is 25.7 Å². The van der Waals surface area contributed by atoms with Crippen molar-refractivity contribution in [1.82, 2.24) is 0 Å². The molecule has 0 saturated heterocycles. The zero-order valence-electron chi connectivity index (χ0n) is 15.2. The number of aryl methyl sites for hydroxylation is 2. The smallest absolute Gasteiger partial charge is 0.225 e. The lowest BCUT2D eigenvalue weighted by Crippen LogP contribution is -2.13. The SMILES string of the molecule is Cc1cc(-c2cc(F)c(F)cc2-c2ccccc2S(N)(=O)=O)cc(C)c1C. The molecule has 0 aliphatic heterocycles. The Morgan fingerprint density at radius 1 is 0.778 bits per heavy atom. The van der Waals surface area contributed by atoms with Gasteiger partial charge in [-0.25, -0.2) is 22.3 Å². The van der Waals surface area contributed by atoms with Crippen LogP contribution in [0.4, 0.5) is 8.78 Å². The largest absolute Gasteiger partial charge is 0.238 e. The summed E-state index contributed by atoms with van der Waals surface area (Å²) in [6.45, 7) is 5.85. The van der Waals surface area contributed by atoms with E-state index in [1.54, 1.807) is 6.07 Å². The topological polar surface area (TPSA) is 60.2 Å². The van der Waals surface area contributed by atoms with Crippen molar-refractivity contribution in [1.29, 1.82) is 0 Å². The molecule has 6 heteroatoms. The Morgan fingerprint density at radius 3 is 1.85 bits per heavy atom. The van der Waals surface area contributed by atoms with Crippen LogP contribution in [0, 0.1) is 32.4 Å². The predicted octanol–water partition coefficient (Wildman–Crippen LogP) is 4.87.